The molecule has 2 N–H and O–H groups in total. The number of piperidine rings is 1. The van der Waals surface area contributed by atoms with Gasteiger partial charge in [0.05, 0.1) is 13.2 Å². The van der Waals surface area contributed by atoms with Gasteiger partial charge in [-0.15, -0.1) is 12.4 Å². The standard InChI is InChI=1S/C14H27N3O2.ClH/c1-14(2)11-19-10-9-17(14)8-7-16-13(18)12-3-5-15-6-4-12;/h12,15H,3-11H2,1-2H3,(H,16,18);1H. The van der Waals surface area contributed by atoms with Gasteiger partial charge in [0, 0.05) is 31.1 Å². The first kappa shape index (κ1) is 17.7. The zero-order chi connectivity index (χ0) is 13.7. The second kappa shape index (κ2) is 8.17. The smallest absolute Gasteiger partial charge is 0.223 e. The molecule has 1 amide bonds. The van der Waals surface area contributed by atoms with Crippen LogP contribution in [0.4, 0.5) is 0 Å². The average molecular weight is 306 g/mol. The van der Waals surface area contributed by atoms with Crippen molar-refractivity contribution in [2.75, 3.05) is 45.9 Å². The lowest BCUT2D eigenvalue weighted by atomic mass is 9.97. The molecular weight excluding hydrogens is 278 g/mol. The molecule has 2 aliphatic heterocycles. The molecule has 0 aromatic rings. The fourth-order valence-electron chi connectivity index (χ4n) is 2.85. The van der Waals surface area contributed by atoms with Crippen molar-refractivity contribution >= 4 is 18.3 Å². The molecule has 2 fully saturated rings. The molecule has 0 unspecified atom stereocenters. The van der Waals surface area contributed by atoms with Crippen LogP contribution in [0.15, 0.2) is 0 Å². The monoisotopic (exact) mass is 305 g/mol. The van der Waals surface area contributed by atoms with Gasteiger partial charge < -0.3 is 15.4 Å². The van der Waals surface area contributed by atoms with Crippen molar-refractivity contribution in [2.24, 2.45) is 5.92 Å². The van der Waals surface area contributed by atoms with E-state index in [4.69, 9.17) is 4.74 Å². The number of hydrogen-bond acceptors (Lipinski definition) is 4. The topological polar surface area (TPSA) is 53.6 Å². The Hall–Kier alpha value is -0.360. The number of halogens is 1. The van der Waals surface area contributed by atoms with Crippen molar-refractivity contribution in [3.63, 3.8) is 0 Å². The van der Waals surface area contributed by atoms with Crippen molar-refractivity contribution in [3.8, 4) is 0 Å². The van der Waals surface area contributed by atoms with Crippen LogP contribution in [0.1, 0.15) is 26.7 Å². The Morgan fingerprint density at radius 2 is 2.10 bits per heavy atom. The highest BCUT2D eigenvalue weighted by Crippen LogP contribution is 2.18. The highest BCUT2D eigenvalue weighted by molar-refractivity contribution is 5.85. The molecule has 2 aliphatic rings. The fourth-order valence-corrected chi connectivity index (χ4v) is 2.85. The molecule has 0 radical (unpaired) electrons. The van der Waals surface area contributed by atoms with Crippen LogP contribution in [0.3, 0.4) is 0 Å². The minimum absolute atomic E-state index is 0. The SMILES string of the molecule is CC1(C)COCCN1CCNC(=O)C1CCNCC1.Cl. The van der Waals surface area contributed by atoms with Crippen LogP contribution in [-0.2, 0) is 9.53 Å². The summed E-state index contributed by atoms with van der Waals surface area (Å²) >= 11 is 0. The van der Waals surface area contributed by atoms with Gasteiger partial charge in [0.2, 0.25) is 5.91 Å². The van der Waals surface area contributed by atoms with Crippen LogP contribution in [0.2, 0.25) is 0 Å². The molecule has 0 atom stereocenters. The van der Waals surface area contributed by atoms with E-state index in [1.165, 1.54) is 0 Å². The van der Waals surface area contributed by atoms with Gasteiger partial charge in [-0.1, -0.05) is 0 Å². The van der Waals surface area contributed by atoms with Gasteiger partial charge in [-0.2, -0.15) is 0 Å². The van der Waals surface area contributed by atoms with E-state index in [2.05, 4.69) is 29.4 Å². The van der Waals surface area contributed by atoms with Crippen LogP contribution < -0.4 is 10.6 Å². The number of morpholine rings is 1. The zero-order valence-corrected chi connectivity index (χ0v) is 13.4. The number of nitrogens with one attached hydrogen (secondary N) is 2. The van der Waals surface area contributed by atoms with Gasteiger partial charge in [-0.25, -0.2) is 0 Å². The van der Waals surface area contributed by atoms with Crippen molar-refractivity contribution in [3.05, 3.63) is 0 Å². The van der Waals surface area contributed by atoms with E-state index in [9.17, 15) is 4.79 Å². The molecule has 2 rings (SSSR count). The van der Waals surface area contributed by atoms with Crippen LogP contribution in [0, 0.1) is 5.92 Å². The van der Waals surface area contributed by atoms with E-state index >= 15 is 0 Å². The Morgan fingerprint density at radius 3 is 2.75 bits per heavy atom. The van der Waals surface area contributed by atoms with Gasteiger partial charge >= 0.3 is 0 Å². The van der Waals surface area contributed by atoms with E-state index in [1.54, 1.807) is 0 Å². The van der Waals surface area contributed by atoms with Crippen LogP contribution in [0.5, 0.6) is 0 Å². The van der Waals surface area contributed by atoms with Crippen LogP contribution in [0.25, 0.3) is 0 Å². The van der Waals surface area contributed by atoms with E-state index in [0.717, 1.165) is 58.8 Å². The first-order valence-electron chi connectivity index (χ1n) is 7.41. The first-order chi connectivity index (χ1) is 9.09. The predicted molar refractivity (Wildman–Crippen MR) is 82.3 cm³/mol. The fraction of sp³-hybridized carbons (Fsp3) is 0.929. The van der Waals surface area contributed by atoms with Crippen LogP contribution >= 0.6 is 12.4 Å². The summed E-state index contributed by atoms with van der Waals surface area (Å²) in [4.78, 5) is 14.4. The molecule has 20 heavy (non-hydrogen) atoms. The maximum Gasteiger partial charge on any atom is 0.223 e. The summed E-state index contributed by atoms with van der Waals surface area (Å²) in [5.41, 5.74) is 0.0811. The lowest BCUT2D eigenvalue weighted by Gasteiger charge is -2.42. The Kier molecular flexibility index (Phi) is 7.23. The largest absolute Gasteiger partial charge is 0.378 e. The quantitative estimate of drug-likeness (QED) is 0.800. The third-order valence-electron chi connectivity index (χ3n) is 4.21. The molecule has 0 aromatic heterocycles. The number of carbonyl (C=O) groups excluding carboxylic acids is 1. The van der Waals surface area contributed by atoms with Crippen molar-refractivity contribution in [2.45, 2.75) is 32.2 Å². The molecule has 2 saturated heterocycles. The average Bonchev–Trinajstić information content (AvgIpc) is 2.41. The van der Waals surface area contributed by atoms with E-state index < -0.39 is 0 Å². The molecule has 6 heteroatoms. The lowest BCUT2D eigenvalue weighted by molar-refractivity contribution is -0.126. The van der Waals surface area contributed by atoms with E-state index in [0.29, 0.717) is 0 Å². The maximum atomic E-state index is 12.0. The number of amides is 1. The summed E-state index contributed by atoms with van der Waals surface area (Å²) in [6.45, 7) is 10.5. The Bertz CT molecular complexity index is 307. The first-order valence-corrected chi connectivity index (χ1v) is 7.41. The molecule has 118 valence electrons. The summed E-state index contributed by atoms with van der Waals surface area (Å²) in [6, 6.07) is 0. The Morgan fingerprint density at radius 1 is 1.40 bits per heavy atom. The molecule has 5 nitrogen and oxygen atoms in total. The summed E-state index contributed by atoms with van der Waals surface area (Å²) in [7, 11) is 0. The third kappa shape index (κ3) is 4.88. The third-order valence-corrected chi connectivity index (χ3v) is 4.21. The lowest BCUT2D eigenvalue weighted by Crippen LogP contribution is -2.55. The molecule has 0 saturated carbocycles. The second-order valence-electron chi connectivity index (χ2n) is 6.17. The van der Waals surface area contributed by atoms with Gasteiger partial charge in [0.25, 0.3) is 0 Å². The minimum atomic E-state index is 0. The van der Waals surface area contributed by atoms with Gasteiger partial charge in [0.1, 0.15) is 0 Å². The minimum Gasteiger partial charge on any atom is -0.378 e. The number of nitrogens with zero attached hydrogens (tertiary/aromatic N) is 1. The Balaban J connectivity index is 0.00000200. The van der Waals surface area contributed by atoms with Gasteiger partial charge in [-0.3, -0.25) is 9.69 Å². The highest BCUT2D eigenvalue weighted by Gasteiger charge is 2.30. The predicted octanol–water partition coefficient (Wildman–Crippen LogP) is 0.635. The molecule has 0 bridgehead atoms. The maximum absolute atomic E-state index is 12.0. The van der Waals surface area contributed by atoms with Crippen LogP contribution in [-0.4, -0.2) is 62.3 Å². The zero-order valence-electron chi connectivity index (χ0n) is 12.6. The summed E-state index contributed by atoms with van der Waals surface area (Å²) < 4.78 is 5.50. The van der Waals surface area contributed by atoms with E-state index in [-0.39, 0.29) is 29.8 Å². The number of rotatable bonds is 4. The molecule has 2 heterocycles. The van der Waals surface area contributed by atoms with Gasteiger partial charge in [-0.05, 0) is 39.8 Å². The number of hydrogen-bond donors (Lipinski definition) is 2. The van der Waals surface area contributed by atoms with Crippen molar-refractivity contribution in [1.82, 2.24) is 15.5 Å². The van der Waals surface area contributed by atoms with Crippen molar-refractivity contribution in [1.29, 1.82) is 0 Å². The van der Waals surface area contributed by atoms with Gasteiger partial charge in [0.15, 0.2) is 0 Å². The number of ether oxygens (including phenoxy) is 1. The molecule has 0 spiro atoms. The Labute approximate surface area is 128 Å². The molecular formula is C14H28ClN3O2. The molecule has 0 aliphatic carbocycles. The summed E-state index contributed by atoms with van der Waals surface area (Å²) in [6.07, 6.45) is 1.93. The second-order valence-corrected chi connectivity index (χ2v) is 6.17. The normalized spacial score (nSPS) is 23.9. The summed E-state index contributed by atoms with van der Waals surface area (Å²) in [5, 5.41) is 6.37. The number of carbonyl (C=O) groups is 1. The van der Waals surface area contributed by atoms with Crippen molar-refractivity contribution < 1.29 is 9.53 Å². The van der Waals surface area contributed by atoms with E-state index in [1.807, 2.05) is 0 Å². The summed E-state index contributed by atoms with van der Waals surface area (Å²) in [5.74, 6) is 0.437. The highest BCUT2D eigenvalue weighted by atomic mass is 35.5. The molecule has 0 aromatic carbocycles.